The molecule has 0 saturated carbocycles. The summed E-state index contributed by atoms with van der Waals surface area (Å²) in [5.41, 5.74) is 14.8. The predicted octanol–water partition coefficient (Wildman–Crippen LogP) is 16.1. The molecular formula is C55H38S. The Morgan fingerprint density at radius 3 is 1.70 bits per heavy atom. The highest BCUT2D eigenvalue weighted by Crippen LogP contribution is 2.55. The van der Waals surface area contributed by atoms with Crippen molar-refractivity contribution in [2.24, 2.45) is 0 Å². The van der Waals surface area contributed by atoms with Gasteiger partial charge in [0.2, 0.25) is 0 Å². The molecular weight excluding hydrogens is 693 g/mol. The van der Waals surface area contributed by atoms with Crippen molar-refractivity contribution < 1.29 is 0 Å². The van der Waals surface area contributed by atoms with Crippen LogP contribution in [0.4, 0.5) is 0 Å². The zero-order chi connectivity index (χ0) is 37.7. The molecule has 1 aliphatic carbocycles. The topological polar surface area (TPSA) is 0 Å². The molecule has 0 radical (unpaired) electrons. The van der Waals surface area contributed by atoms with Crippen molar-refractivity contribution in [2.45, 2.75) is 19.3 Å². The van der Waals surface area contributed by atoms with Gasteiger partial charge < -0.3 is 0 Å². The van der Waals surface area contributed by atoms with Crippen molar-refractivity contribution in [3.8, 4) is 44.5 Å². The Bertz CT molecular complexity index is 3240. The second kappa shape index (κ2) is 12.2. The van der Waals surface area contributed by atoms with Gasteiger partial charge in [0.1, 0.15) is 0 Å². The largest absolute Gasteiger partial charge is 0.135 e. The number of hydrogen-bond acceptors (Lipinski definition) is 1. The molecule has 264 valence electrons. The highest BCUT2D eigenvalue weighted by Gasteiger charge is 2.37. The first-order valence-electron chi connectivity index (χ1n) is 19.4. The number of hydrogen-bond donors (Lipinski definition) is 0. The standard InChI is InChI=1S/C55H38S/c1-5-36-37(6-2)43(29-28-38(36)33-16-8-7-9-17-33)52-41-20-12-10-18-39(41)50(40-19-11-13-21-42(40)52)35-24-27-44-47(32-35)55(3,4)46-30-25-34-26-31-49-54(51(34)53(44)46)45-22-14-15-23-48(45)56-49/h5-32H,1-2H2,3-4H3. The van der Waals surface area contributed by atoms with Crippen LogP contribution in [0, 0.1) is 0 Å². The van der Waals surface area contributed by atoms with Crippen LogP contribution in [-0.4, -0.2) is 0 Å². The molecule has 0 N–H and O–H groups in total. The van der Waals surface area contributed by atoms with Gasteiger partial charge in [0.25, 0.3) is 0 Å². The maximum absolute atomic E-state index is 4.35. The minimum absolute atomic E-state index is 0.172. The van der Waals surface area contributed by atoms with Gasteiger partial charge in [-0.1, -0.05) is 179 Å². The molecule has 0 atom stereocenters. The molecule has 11 rings (SSSR count). The third-order valence-corrected chi connectivity index (χ3v) is 13.6. The summed E-state index contributed by atoms with van der Waals surface area (Å²) in [7, 11) is 0. The monoisotopic (exact) mass is 730 g/mol. The molecule has 0 fully saturated rings. The molecule has 0 bridgehead atoms. The molecule has 1 heterocycles. The minimum atomic E-state index is -0.172. The molecule has 0 unspecified atom stereocenters. The number of thiophene rings is 1. The maximum atomic E-state index is 4.35. The van der Waals surface area contributed by atoms with E-state index in [0.29, 0.717) is 0 Å². The van der Waals surface area contributed by atoms with Gasteiger partial charge in [-0.2, -0.15) is 0 Å². The Kier molecular flexibility index (Phi) is 7.18. The van der Waals surface area contributed by atoms with Gasteiger partial charge >= 0.3 is 0 Å². The Balaban J connectivity index is 1.17. The maximum Gasteiger partial charge on any atom is 0.0362 e. The van der Waals surface area contributed by atoms with Crippen molar-refractivity contribution >= 4 is 76.0 Å². The van der Waals surface area contributed by atoms with E-state index in [1.165, 1.54) is 103 Å². The van der Waals surface area contributed by atoms with Crippen LogP contribution >= 0.6 is 11.3 Å². The van der Waals surface area contributed by atoms with Crippen LogP contribution in [0.5, 0.6) is 0 Å². The van der Waals surface area contributed by atoms with Gasteiger partial charge in [-0.05, 0) is 117 Å². The quantitative estimate of drug-likeness (QED) is 0.155. The van der Waals surface area contributed by atoms with E-state index in [2.05, 4.69) is 185 Å². The SMILES string of the molecule is C=Cc1c(-c2ccccc2)ccc(-c2c3ccccc3c(-c3ccc4c(c3)C(C)(C)c3ccc5ccc6sc7ccccc7c6c5c3-4)c3ccccc23)c1C=C. The fraction of sp³-hybridized carbons (Fsp3) is 0.0545. The van der Waals surface area contributed by atoms with E-state index in [1.54, 1.807) is 0 Å². The molecule has 0 amide bonds. The lowest BCUT2D eigenvalue weighted by atomic mass is 9.79. The summed E-state index contributed by atoms with van der Waals surface area (Å²) < 4.78 is 2.69. The van der Waals surface area contributed by atoms with Gasteiger partial charge in [-0.25, -0.2) is 0 Å². The van der Waals surface area contributed by atoms with Crippen LogP contribution in [0.2, 0.25) is 0 Å². The highest BCUT2D eigenvalue weighted by atomic mass is 32.1. The van der Waals surface area contributed by atoms with Gasteiger partial charge in [-0.15, -0.1) is 11.3 Å². The molecule has 9 aromatic carbocycles. The van der Waals surface area contributed by atoms with Crippen molar-refractivity contribution in [2.75, 3.05) is 0 Å². The molecule has 1 aromatic heterocycles. The molecule has 0 aliphatic heterocycles. The normalized spacial score (nSPS) is 13.1. The summed E-state index contributed by atoms with van der Waals surface area (Å²) in [5.74, 6) is 0. The van der Waals surface area contributed by atoms with Crippen LogP contribution in [0.15, 0.2) is 171 Å². The van der Waals surface area contributed by atoms with Crippen molar-refractivity contribution in [3.63, 3.8) is 0 Å². The van der Waals surface area contributed by atoms with E-state index in [4.69, 9.17) is 0 Å². The number of fused-ring (bicyclic) bond motifs is 11. The van der Waals surface area contributed by atoms with Gasteiger partial charge in [0, 0.05) is 25.6 Å². The minimum Gasteiger partial charge on any atom is -0.135 e. The number of benzene rings is 9. The van der Waals surface area contributed by atoms with E-state index >= 15 is 0 Å². The smallest absolute Gasteiger partial charge is 0.0362 e. The Labute approximate surface area is 331 Å². The van der Waals surface area contributed by atoms with Crippen LogP contribution in [0.1, 0.15) is 36.1 Å². The second-order valence-corrected chi connectivity index (χ2v) is 16.7. The van der Waals surface area contributed by atoms with E-state index in [9.17, 15) is 0 Å². The van der Waals surface area contributed by atoms with Crippen LogP contribution in [-0.2, 0) is 5.41 Å². The molecule has 0 spiro atoms. The lowest BCUT2D eigenvalue weighted by Gasteiger charge is -2.23. The average molecular weight is 731 g/mol. The van der Waals surface area contributed by atoms with E-state index in [1.807, 2.05) is 23.5 Å². The van der Waals surface area contributed by atoms with Crippen molar-refractivity contribution in [3.05, 3.63) is 193 Å². The summed E-state index contributed by atoms with van der Waals surface area (Å²) in [6.07, 6.45) is 3.99. The summed E-state index contributed by atoms with van der Waals surface area (Å²) in [6, 6.07) is 58.6. The Hall–Kier alpha value is -6.54. The molecule has 0 saturated heterocycles. The zero-order valence-electron chi connectivity index (χ0n) is 31.5. The third-order valence-electron chi connectivity index (χ3n) is 12.4. The first-order chi connectivity index (χ1) is 27.5. The average Bonchev–Trinajstić information content (AvgIpc) is 3.74. The Morgan fingerprint density at radius 1 is 0.429 bits per heavy atom. The summed E-state index contributed by atoms with van der Waals surface area (Å²) in [6.45, 7) is 13.5. The van der Waals surface area contributed by atoms with E-state index < -0.39 is 0 Å². The summed E-state index contributed by atoms with van der Waals surface area (Å²) in [5, 5.41) is 10.4. The second-order valence-electron chi connectivity index (χ2n) is 15.6. The van der Waals surface area contributed by atoms with E-state index in [0.717, 1.165) is 16.7 Å². The third kappa shape index (κ3) is 4.53. The first-order valence-corrected chi connectivity index (χ1v) is 20.2. The first kappa shape index (κ1) is 32.9. The molecule has 10 aromatic rings. The van der Waals surface area contributed by atoms with Gasteiger partial charge in [0.05, 0.1) is 0 Å². The summed E-state index contributed by atoms with van der Waals surface area (Å²) in [4.78, 5) is 0. The Morgan fingerprint density at radius 2 is 1.00 bits per heavy atom. The fourth-order valence-corrected chi connectivity index (χ4v) is 11.0. The highest BCUT2D eigenvalue weighted by molar-refractivity contribution is 7.26. The molecule has 1 aliphatic rings. The fourth-order valence-electron chi connectivity index (χ4n) is 9.91. The van der Waals surface area contributed by atoms with Gasteiger partial charge in [-0.3, -0.25) is 0 Å². The molecule has 1 heteroatoms. The molecule has 0 nitrogen and oxygen atoms in total. The van der Waals surface area contributed by atoms with Crippen molar-refractivity contribution in [1.29, 1.82) is 0 Å². The zero-order valence-corrected chi connectivity index (χ0v) is 32.3. The summed E-state index contributed by atoms with van der Waals surface area (Å²) >= 11 is 1.90. The van der Waals surface area contributed by atoms with Crippen LogP contribution in [0.3, 0.4) is 0 Å². The number of rotatable bonds is 5. The van der Waals surface area contributed by atoms with E-state index in [-0.39, 0.29) is 5.41 Å². The van der Waals surface area contributed by atoms with Crippen LogP contribution < -0.4 is 0 Å². The van der Waals surface area contributed by atoms with Gasteiger partial charge in [0.15, 0.2) is 0 Å². The lowest BCUT2D eigenvalue weighted by molar-refractivity contribution is 0.661. The van der Waals surface area contributed by atoms with Crippen LogP contribution in [0.25, 0.3) is 109 Å². The molecule has 56 heavy (non-hydrogen) atoms. The van der Waals surface area contributed by atoms with Crippen molar-refractivity contribution in [1.82, 2.24) is 0 Å². The lowest BCUT2D eigenvalue weighted by Crippen LogP contribution is -2.15. The predicted molar refractivity (Wildman–Crippen MR) is 246 cm³/mol.